The number of allylic oxidation sites excluding steroid dienone is 7. The van der Waals surface area contributed by atoms with Crippen molar-refractivity contribution in [2.75, 3.05) is 0 Å². The third kappa shape index (κ3) is 13.1. The van der Waals surface area contributed by atoms with Crippen molar-refractivity contribution < 1.29 is 8.85 Å². The zero-order valence-corrected chi connectivity index (χ0v) is 52.0. The van der Waals surface area contributed by atoms with Gasteiger partial charge in [-0.1, -0.05) is 182 Å². The Hall–Kier alpha value is 0.254. The van der Waals surface area contributed by atoms with E-state index in [0.717, 1.165) is 42.4 Å². The fourth-order valence-corrected chi connectivity index (χ4v) is 18.3. The first kappa shape index (κ1) is 57.2. The van der Waals surface area contributed by atoms with E-state index >= 15 is 0 Å². The summed E-state index contributed by atoms with van der Waals surface area (Å²) in [5, 5.41) is 0.526. The molecule has 14 atom stereocenters. The molecule has 6 heteroatoms. The molecular weight excluding hydrogens is 1060 g/mol. The predicted molar refractivity (Wildman–Crippen MR) is 313 cm³/mol. The summed E-state index contributed by atoms with van der Waals surface area (Å²) in [5.74, 6) is 7.14. The van der Waals surface area contributed by atoms with Crippen LogP contribution in [0.5, 0.6) is 0 Å². The third-order valence-electron chi connectivity index (χ3n) is 20.5. The highest BCUT2D eigenvalue weighted by Gasteiger charge is 2.52. The van der Waals surface area contributed by atoms with Gasteiger partial charge in [0.1, 0.15) is 0 Å². The van der Waals surface area contributed by atoms with Gasteiger partial charge in [0.15, 0.2) is 16.6 Å². The van der Waals surface area contributed by atoms with Gasteiger partial charge in [-0.15, -0.1) is 0 Å². The lowest BCUT2D eigenvalue weighted by Crippen LogP contribution is -2.46. The zero-order chi connectivity index (χ0) is 49.2. The molecule has 0 N–H and O–H groups in total. The Morgan fingerprint density at radius 1 is 0.652 bits per heavy atom. The molecule has 0 radical (unpaired) electrons. The maximum absolute atomic E-state index is 6.91. The van der Waals surface area contributed by atoms with E-state index in [1.54, 1.807) is 11.1 Å². The molecule has 0 aliphatic heterocycles. The molecule has 0 spiro atoms. The molecule has 2 nitrogen and oxygen atoms in total. The van der Waals surface area contributed by atoms with Crippen LogP contribution in [0.4, 0.5) is 0 Å². The summed E-state index contributed by atoms with van der Waals surface area (Å²) in [6.45, 7) is 47.9. The van der Waals surface area contributed by atoms with Gasteiger partial charge in [0.2, 0.25) is 0 Å². The van der Waals surface area contributed by atoms with Crippen molar-refractivity contribution in [2.45, 2.75) is 234 Å². The summed E-state index contributed by atoms with van der Waals surface area (Å²) < 4.78 is 18.3. The van der Waals surface area contributed by atoms with Crippen LogP contribution < -0.4 is 0 Å². The first-order chi connectivity index (χ1) is 30.6. The second-order valence-corrected chi connectivity index (χ2v) is 37.9. The summed E-state index contributed by atoms with van der Waals surface area (Å²) >= 11 is 4.79. The SMILES string of the molecule is C=C1C(C/C=C2\CCC[C@]3(C)[C@@H]([C@H](C)/C=C/I)CC[C@@H]23)C[C@@H](C)C[C@@H]1O[Si](C)(C)C(C)(C)C.C=C1C(C/C=C2\CCC[C@]3(C)[C@@H]([C@H](C)/C=C/I)CC[C@@H]23)C[C@@H](O[Si](C)(C)C(C)(C)C)C[C@@H]1C. The second-order valence-electron chi connectivity index (χ2n) is 26.9. The average molecular weight is 1170 g/mol. The highest BCUT2D eigenvalue weighted by atomic mass is 127. The average Bonchev–Trinajstić information content (AvgIpc) is 3.76. The van der Waals surface area contributed by atoms with Crippen LogP contribution in [0.1, 0.15) is 186 Å². The molecular formula is C60H102I2O2Si2. The normalized spacial score (nSPS) is 38.2. The molecule has 0 aromatic carbocycles. The zero-order valence-electron chi connectivity index (χ0n) is 45.7. The van der Waals surface area contributed by atoms with Crippen LogP contribution in [-0.4, -0.2) is 28.8 Å². The highest BCUT2D eigenvalue weighted by molar-refractivity contribution is 14.1. The number of halogens is 2. The van der Waals surface area contributed by atoms with E-state index in [1.807, 2.05) is 0 Å². The molecule has 0 aromatic rings. The van der Waals surface area contributed by atoms with Crippen LogP contribution in [0.3, 0.4) is 0 Å². The number of fused-ring (bicyclic) bond motifs is 2. The molecule has 6 fully saturated rings. The molecule has 376 valence electrons. The number of hydrogen-bond donors (Lipinski definition) is 0. The summed E-state index contributed by atoms with van der Waals surface area (Å²) in [4.78, 5) is 0. The minimum absolute atomic E-state index is 0.251. The largest absolute Gasteiger partial charge is 0.414 e. The first-order valence-electron chi connectivity index (χ1n) is 27.2. The molecule has 0 heterocycles. The fourth-order valence-electron chi connectivity index (χ4n) is 14.3. The van der Waals surface area contributed by atoms with Gasteiger partial charge in [-0.25, -0.2) is 0 Å². The Bertz CT molecular complexity index is 1710. The van der Waals surface area contributed by atoms with Crippen LogP contribution in [0.2, 0.25) is 36.3 Å². The lowest BCUT2D eigenvalue weighted by atomic mass is 9.61. The lowest BCUT2D eigenvalue weighted by molar-refractivity contribution is 0.108. The topological polar surface area (TPSA) is 18.5 Å². The summed E-state index contributed by atoms with van der Waals surface area (Å²) in [7, 11) is -3.52. The molecule has 0 bridgehead atoms. The Kier molecular flexibility index (Phi) is 19.9. The standard InChI is InChI=1S/2C30H51IOSi/c1-21-19-25(23(3)28(20-21)32-33(8,9)29(4,5)6)13-12-24-11-10-17-30(7)26(14-15-27(24)30)22(2)16-18-31;1-21(16-18-31)27-14-15-28-24(11-10-17-30(27,28)7)12-13-25-20-26(19-22(2)23(25)3)32-33(8,9)29(4,5)6/h2*12,16,18,21-22,25-28H,3,10-11,13-15,17,19-20H2,1-2,4-9H3/b2*18-16+,24-12+/t21-,22-,25?,26-,27+,28+,30-;21-,22+,25?,26+,27-,28+,30-/m11/s1. The molecule has 6 aliphatic carbocycles. The van der Waals surface area contributed by atoms with E-state index in [2.05, 4.69) is 200 Å². The maximum Gasteiger partial charge on any atom is 0.192 e. The van der Waals surface area contributed by atoms with E-state index in [-0.39, 0.29) is 16.2 Å². The molecule has 6 aliphatic rings. The second kappa shape index (κ2) is 23.0. The van der Waals surface area contributed by atoms with Gasteiger partial charge in [0, 0.05) is 6.10 Å². The van der Waals surface area contributed by atoms with Crippen LogP contribution in [0, 0.1) is 70.0 Å². The number of hydrogen-bond acceptors (Lipinski definition) is 2. The molecule has 0 amide bonds. The van der Waals surface area contributed by atoms with Gasteiger partial charge >= 0.3 is 0 Å². The van der Waals surface area contributed by atoms with Gasteiger partial charge in [-0.3, -0.25) is 0 Å². The van der Waals surface area contributed by atoms with E-state index in [0.29, 0.717) is 46.5 Å². The van der Waals surface area contributed by atoms with Gasteiger partial charge in [-0.05, 0) is 223 Å². The number of rotatable bonds is 12. The van der Waals surface area contributed by atoms with Gasteiger partial charge in [0.25, 0.3) is 0 Å². The monoisotopic (exact) mass is 1160 g/mol. The molecule has 66 heavy (non-hydrogen) atoms. The minimum atomic E-state index is -1.78. The fraction of sp³-hybridized carbons (Fsp3) is 0.800. The van der Waals surface area contributed by atoms with Crippen molar-refractivity contribution in [1.82, 2.24) is 0 Å². The van der Waals surface area contributed by atoms with Crippen LogP contribution >= 0.6 is 45.2 Å². The predicted octanol–water partition coefficient (Wildman–Crippen LogP) is 20.2. The van der Waals surface area contributed by atoms with Crippen molar-refractivity contribution >= 4 is 61.8 Å². The van der Waals surface area contributed by atoms with Gasteiger partial charge < -0.3 is 8.85 Å². The van der Waals surface area contributed by atoms with Gasteiger partial charge in [-0.2, -0.15) is 0 Å². The molecule has 0 saturated heterocycles. The van der Waals surface area contributed by atoms with Crippen molar-refractivity contribution in [1.29, 1.82) is 0 Å². The minimum Gasteiger partial charge on any atom is -0.414 e. The molecule has 2 unspecified atom stereocenters. The summed E-state index contributed by atoms with van der Waals surface area (Å²) in [6.07, 6.45) is 31.8. The summed E-state index contributed by atoms with van der Waals surface area (Å²) in [5.41, 5.74) is 7.41. The van der Waals surface area contributed by atoms with Gasteiger partial charge in [0.05, 0.1) is 6.10 Å². The molecule has 0 aromatic heterocycles. The highest BCUT2D eigenvalue weighted by Crippen LogP contribution is 2.61. The van der Waals surface area contributed by atoms with E-state index in [4.69, 9.17) is 8.85 Å². The molecule has 6 saturated carbocycles. The van der Waals surface area contributed by atoms with Crippen molar-refractivity contribution in [2.24, 2.45) is 70.0 Å². The Balaban J connectivity index is 0.000000247. The van der Waals surface area contributed by atoms with Crippen molar-refractivity contribution in [3.8, 4) is 0 Å². The van der Waals surface area contributed by atoms with Crippen LogP contribution in [-0.2, 0) is 8.85 Å². The Labute approximate surface area is 439 Å². The summed E-state index contributed by atoms with van der Waals surface area (Å²) in [6, 6.07) is 0. The smallest absolute Gasteiger partial charge is 0.192 e. The van der Waals surface area contributed by atoms with Crippen LogP contribution in [0.25, 0.3) is 0 Å². The molecule has 6 rings (SSSR count). The van der Waals surface area contributed by atoms with Crippen LogP contribution in [0.15, 0.2) is 67.9 Å². The maximum atomic E-state index is 6.91. The first-order valence-corrected chi connectivity index (χ1v) is 35.6. The third-order valence-corrected chi connectivity index (χ3v) is 30.4. The Morgan fingerprint density at radius 3 is 1.53 bits per heavy atom. The quantitative estimate of drug-likeness (QED) is 0.110. The van der Waals surface area contributed by atoms with Crippen molar-refractivity contribution in [3.05, 3.63) is 67.9 Å². The van der Waals surface area contributed by atoms with E-state index in [1.165, 1.54) is 101 Å². The van der Waals surface area contributed by atoms with E-state index in [9.17, 15) is 0 Å². The Morgan fingerprint density at radius 2 is 1.09 bits per heavy atom. The van der Waals surface area contributed by atoms with Crippen molar-refractivity contribution in [3.63, 3.8) is 0 Å². The lowest BCUT2D eigenvalue weighted by Gasteiger charge is -2.45. The van der Waals surface area contributed by atoms with E-state index < -0.39 is 16.6 Å².